The molecule has 0 aromatic carbocycles. The lowest BCUT2D eigenvalue weighted by Crippen LogP contribution is -2.33. The van der Waals surface area contributed by atoms with Crippen LogP contribution < -0.4 is 16.6 Å². The highest BCUT2D eigenvalue weighted by atomic mass is 79.9. The lowest BCUT2D eigenvalue weighted by Gasteiger charge is -2.14. The molecule has 3 heterocycles. The molecule has 0 aliphatic heterocycles. The van der Waals surface area contributed by atoms with Gasteiger partial charge >= 0.3 is 5.69 Å². The Kier molecular flexibility index (Phi) is 5.61. The maximum Gasteiger partial charge on any atom is 0.329 e. The van der Waals surface area contributed by atoms with Crippen molar-refractivity contribution in [2.45, 2.75) is 39.8 Å². The molecule has 1 amide bonds. The van der Waals surface area contributed by atoms with Crippen LogP contribution in [-0.2, 0) is 13.1 Å². The summed E-state index contributed by atoms with van der Waals surface area (Å²) in [5.74, 6) is -0.338. The SMILES string of the molecule is CCn1c(=O)[nH]c(=O)c2c(C(=O)NCc3cc(Br)cs3)cc(C(C)C)nc21. The van der Waals surface area contributed by atoms with Crippen LogP contribution in [0, 0.1) is 0 Å². The first-order valence-corrected chi connectivity index (χ1v) is 10.2. The minimum Gasteiger partial charge on any atom is -0.347 e. The average Bonchev–Trinajstić information content (AvgIpc) is 3.04. The van der Waals surface area contributed by atoms with Gasteiger partial charge in [-0.15, -0.1) is 11.3 Å². The van der Waals surface area contributed by atoms with Gasteiger partial charge in [0.2, 0.25) is 0 Å². The summed E-state index contributed by atoms with van der Waals surface area (Å²) >= 11 is 4.91. The summed E-state index contributed by atoms with van der Waals surface area (Å²) in [5.41, 5.74) is -0.0207. The number of aromatic nitrogens is 3. The predicted molar refractivity (Wildman–Crippen MR) is 110 cm³/mol. The standard InChI is InChI=1S/C18H19BrN4O3S/c1-4-23-15-14(17(25)22-18(23)26)12(6-13(21-15)9(2)3)16(24)20-7-11-5-10(19)8-27-11/h5-6,8-9H,4,7H2,1-3H3,(H,20,24)(H,22,25,26). The summed E-state index contributed by atoms with van der Waals surface area (Å²) in [7, 11) is 0. The van der Waals surface area contributed by atoms with Gasteiger partial charge in [0, 0.05) is 27.0 Å². The lowest BCUT2D eigenvalue weighted by molar-refractivity contribution is 0.0952. The fourth-order valence-electron chi connectivity index (χ4n) is 2.77. The van der Waals surface area contributed by atoms with Crippen molar-refractivity contribution in [2.75, 3.05) is 0 Å². The third kappa shape index (κ3) is 3.89. The summed E-state index contributed by atoms with van der Waals surface area (Å²) in [4.78, 5) is 45.2. The molecule has 0 spiro atoms. The molecule has 7 nitrogen and oxygen atoms in total. The number of fused-ring (bicyclic) bond motifs is 1. The summed E-state index contributed by atoms with van der Waals surface area (Å²) < 4.78 is 2.33. The van der Waals surface area contributed by atoms with Crippen LogP contribution >= 0.6 is 27.3 Å². The third-order valence-electron chi connectivity index (χ3n) is 4.17. The summed E-state index contributed by atoms with van der Waals surface area (Å²) in [6, 6.07) is 3.56. The normalized spacial score (nSPS) is 11.3. The first-order valence-electron chi connectivity index (χ1n) is 8.50. The predicted octanol–water partition coefficient (Wildman–Crippen LogP) is 2.98. The Hall–Kier alpha value is -2.26. The fourth-order valence-corrected chi connectivity index (χ4v) is 4.16. The van der Waals surface area contributed by atoms with Gasteiger partial charge in [-0.2, -0.15) is 0 Å². The molecule has 0 bridgehead atoms. The Morgan fingerprint density at radius 2 is 2.11 bits per heavy atom. The first-order chi connectivity index (χ1) is 12.8. The molecule has 0 radical (unpaired) electrons. The molecule has 142 valence electrons. The molecule has 0 atom stereocenters. The van der Waals surface area contributed by atoms with Gasteiger partial charge in [-0.1, -0.05) is 13.8 Å². The third-order valence-corrected chi connectivity index (χ3v) is 5.86. The quantitative estimate of drug-likeness (QED) is 0.624. The highest BCUT2D eigenvalue weighted by molar-refractivity contribution is 9.10. The number of aromatic amines is 1. The monoisotopic (exact) mass is 450 g/mol. The van der Waals surface area contributed by atoms with Crippen LogP contribution in [0.5, 0.6) is 0 Å². The molecule has 3 aromatic rings. The summed E-state index contributed by atoms with van der Waals surface area (Å²) in [5, 5.41) is 4.91. The number of hydrogen-bond donors (Lipinski definition) is 2. The van der Waals surface area contributed by atoms with Crippen molar-refractivity contribution in [3.8, 4) is 0 Å². The molecular formula is C18H19BrN4O3S. The van der Waals surface area contributed by atoms with E-state index in [-0.39, 0.29) is 28.4 Å². The molecule has 9 heteroatoms. The Morgan fingerprint density at radius 3 is 2.70 bits per heavy atom. The molecule has 0 unspecified atom stereocenters. The molecule has 0 saturated carbocycles. The van der Waals surface area contributed by atoms with Crippen molar-refractivity contribution in [1.82, 2.24) is 19.9 Å². The van der Waals surface area contributed by atoms with Gasteiger partial charge in [-0.3, -0.25) is 19.1 Å². The maximum atomic E-state index is 12.9. The second-order valence-electron chi connectivity index (χ2n) is 6.37. The van der Waals surface area contributed by atoms with E-state index in [4.69, 9.17) is 0 Å². The van der Waals surface area contributed by atoms with E-state index in [9.17, 15) is 14.4 Å². The van der Waals surface area contributed by atoms with Crippen LogP contribution in [-0.4, -0.2) is 20.4 Å². The number of rotatable bonds is 5. The van der Waals surface area contributed by atoms with E-state index in [0.717, 1.165) is 9.35 Å². The lowest BCUT2D eigenvalue weighted by atomic mass is 10.0. The molecule has 27 heavy (non-hydrogen) atoms. The number of H-pyrrole nitrogens is 1. The number of nitrogens with zero attached hydrogens (tertiary/aromatic N) is 2. The molecule has 3 aromatic heterocycles. The van der Waals surface area contributed by atoms with Crippen molar-refractivity contribution < 1.29 is 4.79 Å². The minimum atomic E-state index is -0.605. The number of aryl methyl sites for hydroxylation is 1. The Balaban J connectivity index is 2.13. The molecule has 3 rings (SSSR count). The van der Waals surface area contributed by atoms with Crippen LogP contribution in [0.25, 0.3) is 11.0 Å². The van der Waals surface area contributed by atoms with Gasteiger partial charge in [-0.25, -0.2) is 9.78 Å². The number of hydrogen-bond acceptors (Lipinski definition) is 5. The number of carbonyl (C=O) groups is 1. The zero-order valence-corrected chi connectivity index (χ0v) is 17.5. The van der Waals surface area contributed by atoms with Gasteiger partial charge in [-0.05, 0) is 40.9 Å². The van der Waals surface area contributed by atoms with Crippen molar-refractivity contribution in [3.63, 3.8) is 0 Å². The van der Waals surface area contributed by atoms with Crippen LogP contribution in [0.3, 0.4) is 0 Å². The zero-order valence-electron chi connectivity index (χ0n) is 15.1. The van der Waals surface area contributed by atoms with E-state index < -0.39 is 11.2 Å². The van der Waals surface area contributed by atoms with Crippen molar-refractivity contribution in [3.05, 3.63) is 59.0 Å². The number of nitrogens with one attached hydrogen (secondary N) is 2. The summed E-state index contributed by atoms with van der Waals surface area (Å²) in [6.07, 6.45) is 0. The Labute approximate surface area is 167 Å². The van der Waals surface area contributed by atoms with Gasteiger partial charge in [0.05, 0.1) is 17.5 Å². The topological polar surface area (TPSA) is 96.9 Å². The van der Waals surface area contributed by atoms with Gasteiger partial charge in [0.15, 0.2) is 5.65 Å². The maximum absolute atomic E-state index is 12.9. The fraction of sp³-hybridized carbons (Fsp3) is 0.333. The van der Waals surface area contributed by atoms with E-state index in [1.807, 2.05) is 25.3 Å². The van der Waals surface area contributed by atoms with E-state index in [1.165, 1.54) is 15.9 Å². The average molecular weight is 451 g/mol. The number of pyridine rings is 1. The second kappa shape index (κ2) is 7.77. The van der Waals surface area contributed by atoms with Crippen LogP contribution in [0.2, 0.25) is 0 Å². The number of amides is 1. The molecule has 0 fully saturated rings. The first kappa shape index (κ1) is 19.5. The largest absolute Gasteiger partial charge is 0.347 e. The Bertz CT molecular complexity index is 1130. The molecule has 0 aliphatic carbocycles. The van der Waals surface area contributed by atoms with Crippen molar-refractivity contribution in [1.29, 1.82) is 0 Å². The zero-order chi connectivity index (χ0) is 19.7. The highest BCUT2D eigenvalue weighted by Gasteiger charge is 2.20. The van der Waals surface area contributed by atoms with E-state index in [0.29, 0.717) is 18.8 Å². The molecule has 2 N–H and O–H groups in total. The minimum absolute atomic E-state index is 0.0360. The highest BCUT2D eigenvalue weighted by Crippen LogP contribution is 2.21. The second-order valence-corrected chi connectivity index (χ2v) is 8.28. The number of thiophene rings is 1. The van der Waals surface area contributed by atoms with Crippen molar-refractivity contribution >= 4 is 44.2 Å². The van der Waals surface area contributed by atoms with E-state index >= 15 is 0 Å². The van der Waals surface area contributed by atoms with E-state index in [1.54, 1.807) is 13.0 Å². The van der Waals surface area contributed by atoms with Crippen LogP contribution in [0.4, 0.5) is 0 Å². The number of halogens is 1. The number of carbonyl (C=O) groups excluding carboxylic acids is 1. The van der Waals surface area contributed by atoms with Gasteiger partial charge in [0.1, 0.15) is 0 Å². The molecule has 0 aliphatic rings. The van der Waals surface area contributed by atoms with Crippen LogP contribution in [0.1, 0.15) is 47.6 Å². The van der Waals surface area contributed by atoms with Gasteiger partial charge in [0.25, 0.3) is 11.5 Å². The van der Waals surface area contributed by atoms with Gasteiger partial charge < -0.3 is 5.32 Å². The van der Waals surface area contributed by atoms with Crippen LogP contribution in [0.15, 0.2) is 31.6 Å². The molecule has 0 saturated heterocycles. The summed E-state index contributed by atoms with van der Waals surface area (Å²) in [6.45, 7) is 6.37. The van der Waals surface area contributed by atoms with E-state index in [2.05, 4.69) is 31.2 Å². The van der Waals surface area contributed by atoms with Crippen molar-refractivity contribution in [2.24, 2.45) is 0 Å². The smallest absolute Gasteiger partial charge is 0.329 e. The molecular weight excluding hydrogens is 432 g/mol. The Morgan fingerprint density at radius 1 is 1.37 bits per heavy atom.